The third-order valence-corrected chi connectivity index (χ3v) is 5.50. The first-order valence-electron chi connectivity index (χ1n) is 9.09. The van der Waals surface area contributed by atoms with Crippen molar-refractivity contribution < 1.29 is 24.4 Å². The summed E-state index contributed by atoms with van der Waals surface area (Å²) in [5.74, 6) is -1.11. The fraction of sp³-hybridized carbons (Fsp3) is 0.350. The number of nitrogens with one attached hydrogen (secondary N) is 2. The van der Waals surface area contributed by atoms with Crippen LogP contribution >= 0.6 is 11.3 Å². The van der Waals surface area contributed by atoms with Gasteiger partial charge in [0.15, 0.2) is 6.54 Å². The third-order valence-electron chi connectivity index (χ3n) is 4.29. The van der Waals surface area contributed by atoms with Crippen molar-refractivity contribution in [2.75, 3.05) is 25.5 Å². The van der Waals surface area contributed by atoms with Crippen LogP contribution < -0.4 is 16.0 Å². The van der Waals surface area contributed by atoms with Gasteiger partial charge in [0.25, 0.3) is 11.8 Å². The van der Waals surface area contributed by atoms with Crippen LogP contribution in [0.1, 0.15) is 51.0 Å². The number of hydrogen-bond donors (Lipinski definition) is 3. The summed E-state index contributed by atoms with van der Waals surface area (Å²) in [6, 6.07) is 10.00. The molecule has 0 aliphatic carbocycles. The zero-order chi connectivity index (χ0) is 20.7. The molecule has 0 spiro atoms. The Balaban J connectivity index is 2.14. The highest BCUT2D eigenvalue weighted by Gasteiger charge is 2.26. The molecule has 7 nitrogen and oxygen atoms in total. The lowest BCUT2D eigenvalue weighted by Gasteiger charge is -2.11. The van der Waals surface area contributed by atoms with E-state index in [1.54, 1.807) is 13.8 Å². The Kier molecular flexibility index (Phi) is 7.71. The molecule has 4 N–H and O–H groups in total. The van der Waals surface area contributed by atoms with Gasteiger partial charge >= 0.3 is 5.97 Å². The van der Waals surface area contributed by atoms with Crippen LogP contribution in [0.2, 0.25) is 0 Å². The highest BCUT2D eigenvalue weighted by atomic mass is 32.1. The first-order chi connectivity index (χ1) is 13.4. The zero-order valence-corrected chi connectivity index (χ0v) is 17.3. The second kappa shape index (κ2) is 10.0. The lowest BCUT2D eigenvalue weighted by atomic mass is 10.1. The number of carbonyl (C=O) groups is 3. The first kappa shape index (κ1) is 21.6. The minimum absolute atomic E-state index is 0.114. The number of ether oxygens (including phenoxy) is 1. The second-order valence-corrected chi connectivity index (χ2v) is 7.27. The van der Waals surface area contributed by atoms with Crippen LogP contribution in [0.15, 0.2) is 30.3 Å². The Bertz CT molecular complexity index is 849. The van der Waals surface area contributed by atoms with Crippen LogP contribution in [0.25, 0.3) is 0 Å². The molecule has 0 saturated carbocycles. The van der Waals surface area contributed by atoms with Gasteiger partial charge in [0.2, 0.25) is 0 Å². The van der Waals surface area contributed by atoms with Crippen LogP contribution in [0.3, 0.4) is 0 Å². The average Bonchev–Trinajstić information content (AvgIpc) is 3.02. The first-order valence-corrected chi connectivity index (χ1v) is 9.91. The lowest BCUT2D eigenvalue weighted by Crippen LogP contribution is -2.86. The van der Waals surface area contributed by atoms with Crippen molar-refractivity contribution in [1.29, 1.82) is 0 Å². The van der Waals surface area contributed by atoms with Crippen molar-refractivity contribution in [1.82, 2.24) is 5.32 Å². The maximum atomic E-state index is 12.5. The molecular formula is C20H26N3O4S+. The highest BCUT2D eigenvalue weighted by molar-refractivity contribution is 7.18. The van der Waals surface area contributed by atoms with E-state index in [4.69, 9.17) is 4.74 Å². The number of carbonyl (C=O) groups excluding carboxylic acids is 3. The monoisotopic (exact) mass is 404 g/mol. The topological polar surface area (TPSA) is 101 Å². The summed E-state index contributed by atoms with van der Waals surface area (Å²) < 4.78 is 5.09. The van der Waals surface area contributed by atoms with Crippen molar-refractivity contribution in [2.24, 2.45) is 0 Å². The van der Waals surface area contributed by atoms with Crippen molar-refractivity contribution in [2.45, 2.75) is 26.8 Å². The number of amides is 2. The van der Waals surface area contributed by atoms with E-state index in [9.17, 15) is 14.4 Å². The molecule has 8 heteroatoms. The Morgan fingerprint density at radius 2 is 1.89 bits per heavy atom. The Morgan fingerprint density at radius 3 is 2.50 bits per heavy atom. The number of hydrogen-bond acceptors (Lipinski definition) is 5. The van der Waals surface area contributed by atoms with Gasteiger partial charge in [0, 0.05) is 12.6 Å². The molecule has 0 aliphatic heterocycles. The fourth-order valence-corrected chi connectivity index (χ4v) is 3.89. The smallest absolute Gasteiger partial charge is 0.341 e. The number of benzene rings is 1. The molecule has 2 aromatic rings. The lowest BCUT2D eigenvalue weighted by molar-refractivity contribution is -0.682. The number of esters is 1. The highest BCUT2D eigenvalue weighted by Crippen LogP contribution is 2.33. The third kappa shape index (κ3) is 5.17. The summed E-state index contributed by atoms with van der Waals surface area (Å²) in [6.07, 6.45) is 0. The van der Waals surface area contributed by atoms with Gasteiger partial charge in [-0.1, -0.05) is 30.3 Å². The summed E-state index contributed by atoms with van der Waals surface area (Å²) in [5, 5.41) is 7.56. The van der Waals surface area contributed by atoms with Crippen molar-refractivity contribution >= 4 is 34.1 Å². The average molecular weight is 405 g/mol. The summed E-state index contributed by atoms with van der Waals surface area (Å²) in [7, 11) is 1.52. The molecule has 0 bridgehead atoms. The normalized spacial score (nSPS) is 11.6. The molecular weight excluding hydrogens is 378 g/mol. The predicted molar refractivity (Wildman–Crippen MR) is 109 cm³/mol. The van der Waals surface area contributed by atoms with E-state index in [0.29, 0.717) is 15.4 Å². The largest absolute Gasteiger partial charge is 0.462 e. The van der Waals surface area contributed by atoms with E-state index in [1.165, 1.54) is 7.05 Å². The molecule has 1 atom stereocenters. The minimum atomic E-state index is -0.552. The molecule has 0 radical (unpaired) electrons. The van der Waals surface area contributed by atoms with Crippen LogP contribution in [-0.4, -0.2) is 38.0 Å². The molecule has 1 aromatic heterocycles. The van der Waals surface area contributed by atoms with Crippen LogP contribution in [0.4, 0.5) is 5.00 Å². The molecule has 0 fully saturated rings. The maximum Gasteiger partial charge on any atom is 0.341 e. The van der Waals surface area contributed by atoms with Crippen LogP contribution in [0.5, 0.6) is 0 Å². The van der Waals surface area contributed by atoms with Crippen molar-refractivity contribution in [3.8, 4) is 0 Å². The van der Waals surface area contributed by atoms with Crippen LogP contribution in [0, 0.1) is 6.92 Å². The van der Waals surface area contributed by atoms with E-state index >= 15 is 0 Å². The molecule has 2 rings (SSSR count). The van der Waals surface area contributed by atoms with Crippen molar-refractivity contribution in [3.63, 3.8) is 0 Å². The predicted octanol–water partition coefficient (Wildman–Crippen LogP) is 1.86. The van der Waals surface area contributed by atoms with Gasteiger partial charge in [-0.3, -0.25) is 9.59 Å². The number of rotatable bonds is 8. The number of nitrogens with two attached hydrogens (primary N) is 1. The Hall–Kier alpha value is -2.71. The van der Waals surface area contributed by atoms with Gasteiger partial charge in [-0.15, -0.1) is 11.3 Å². The molecule has 0 saturated heterocycles. The van der Waals surface area contributed by atoms with E-state index in [2.05, 4.69) is 10.6 Å². The van der Waals surface area contributed by atoms with Gasteiger partial charge in [-0.05, 0) is 26.3 Å². The molecule has 1 heterocycles. The quantitative estimate of drug-likeness (QED) is 0.585. The van der Waals surface area contributed by atoms with Crippen molar-refractivity contribution in [3.05, 3.63) is 51.9 Å². The molecule has 150 valence electrons. The zero-order valence-electron chi connectivity index (χ0n) is 16.5. The molecule has 2 amide bonds. The van der Waals surface area contributed by atoms with Gasteiger partial charge in [0.1, 0.15) is 11.0 Å². The fourth-order valence-electron chi connectivity index (χ4n) is 2.73. The molecule has 0 unspecified atom stereocenters. The number of thiophene rings is 1. The van der Waals surface area contributed by atoms with Gasteiger partial charge in [-0.25, -0.2) is 4.79 Å². The number of quaternary nitrogens is 1. The Labute approximate surface area is 168 Å². The van der Waals surface area contributed by atoms with Gasteiger partial charge in [0.05, 0.1) is 17.0 Å². The van der Waals surface area contributed by atoms with Gasteiger partial charge < -0.3 is 20.7 Å². The van der Waals surface area contributed by atoms with E-state index < -0.39 is 5.97 Å². The maximum absolute atomic E-state index is 12.5. The molecule has 0 aliphatic rings. The summed E-state index contributed by atoms with van der Waals surface area (Å²) in [4.78, 5) is 37.2. The Morgan fingerprint density at radius 1 is 1.21 bits per heavy atom. The van der Waals surface area contributed by atoms with E-state index in [0.717, 1.165) is 16.9 Å². The van der Waals surface area contributed by atoms with E-state index in [1.807, 2.05) is 42.6 Å². The number of anilines is 1. The SMILES string of the molecule is CCOC(=O)c1c(NC(=O)C[NH2+][C@@H](C)c2ccccc2)sc(C(=O)NC)c1C. The summed E-state index contributed by atoms with van der Waals surface area (Å²) in [6.45, 7) is 5.79. The van der Waals surface area contributed by atoms with Gasteiger partial charge in [-0.2, -0.15) is 0 Å². The standard InChI is InChI=1S/C20H25N3O4S/c1-5-27-20(26)16-12(2)17(18(25)21-4)28-19(16)23-15(24)11-22-13(3)14-9-7-6-8-10-14/h6-10,13,22H,5,11H2,1-4H3,(H,21,25)(H,23,24)/p+1/t13-/m0/s1. The summed E-state index contributed by atoms with van der Waals surface area (Å²) in [5.41, 5.74) is 1.85. The molecule has 28 heavy (non-hydrogen) atoms. The van der Waals surface area contributed by atoms with E-state index in [-0.39, 0.29) is 36.6 Å². The van der Waals surface area contributed by atoms with Crippen LogP contribution in [-0.2, 0) is 9.53 Å². The summed E-state index contributed by atoms with van der Waals surface area (Å²) >= 11 is 1.07. The molecule has 1 aromatic carbocycles. The minimum Gasteiger partial charge on any atom is -0.462 e. The second-order valence-electron chi connectivity index (χ2n) is 6.25.